The quantitative estimate of drug-likeness (QED) is 0.261. The number of carbonyl (C=O) groups is 2. The summed E-state index contributed by atoms with van der Waals surface area (Å²) < 4.78 is 19.8. The average Bonchev–Trinajstić information content (AvgIpc) is 3.31. The number of ketones is 1. The zero-order valence-corrected chi connectivity index (χ0v) is 20.3. The first-order valence-electron chi connectivity index (χ1n) is 11.6. The number of carbonyl (C=O) groups excluding carboxylic acids is 2. The van der Waals surface area contributed by atoms with E-state index in [0.717, 1.165) is 16.6 Å². The van der Waals surface area contributed by atoms with Gasteiger partial charge in [0.15, 0.2) is 17.3 Å². The molecule has 6 rings (SSSR count). The zero-order chi connectivity index (χ0) is 26.0. The lowest BCUT2D eigenvalue weighted by atomic mass is 9.84. The van der Waals surface area contributed by atoms with Crippen LogP contribution in [0.3, 0.4) is 0 Å². The van der Waals surface area contributed by atoms with Gasteiger partial charge < -0.3 is 19.3 Å². The Hall–Kier alpha value is -4.79. The molecule has 0 bridgehead atoms. The second-order valence-corrected chi connectivity index (χ2v) is 9.10. The number of aromatic hydroxyl groups is 1. The molecule has 0 amide bonds. The lowest BCUT2D eigenvalue weighted by molar-refractivity contribution is -0.135. The number of Topliss-reactive ketones (excluding diaryl/α,β-unsaturated/α-hetero) is 1. The topological polar surface area (TPSA) is 109 Å². The van der Waals surface area contributed by atoms with Gasteiger partial charge in [0.1, 0.15) is 11.5 Å². The van der Waals surface area contributed by atoms with Gasteiger partial charge in [-0.1, -0.05) is 12.1 Å². The minimum Gasteiger partial charge on any atom is -0.504 e. The molecule has 9 nitrogen and oxygen atoms in total. The Morgan fingerprint density at radius 3 is 2.51 bits per heavy atom. The summed E-state index contributed by atoms with van der Waals surface area (Å²) in [5.41, 5.74) is 3.67. The SMILES string of the molecule is COc1ccc(/C=C2\Oc3c(ccc4c3[C@H](c3ccc5c(c3)n(C)c(=O)n5C)CC(=O)O4)C2=O)cc1O. The van der Waals surface area contributed by atoms with Gasteiger partial charge in [0.05, 0.1) is 30.1 Å². The van der Waals surface area contributed by atoms with Crippen LogP contribution in [0.15, 0.2) is 59.1 Å². The number of fused-ring (bicyclic) bond motifs is 4. The molecule has 0 unspecified atom stereocenters. The maximum absolute atomic E-state index is 13.2. The maximum atomic E-state index is 13.2. The summed E-state index contributed by atoms with van der Waals surface area (Å²) >= 11 is 0. The van der Waals surface area contributed by atoms with Crippen LogP contribution in [0.4, 0.5) is 0 Å². The number of aryl methyl sites for hydroxylation is 2. The van der Waals surface area contributed by atoms with Crippen molar-refractivity contribution in [2.75, 3.05) is 7.11 Å². The second kappa shape index (κ2) is 8.12. The minimum atomic E-state index is -0.442. The maximum Gasteiger partial charge on any atom is 0.328 e. The Balaban J connectivity index is 1.46. The lowest BCUT2D eigenvalue weighted by Gasteiger charge is -2.26. The van der Waals surface area contributed by atoms with Crippen LogP contribution in [0.25, 0.3) is 17.1 Å². The first kappa shape index (κ1) is 22.7. The van der Waals surface area contributed by atoms with Crippen molar-refractivity contribution in [3.05, 3.63) is 87.0 Å². The van der Waals surface area contributed by atoms with Gasteiger partial charge in [0.25, 0.3) is 0 Å². The highest BCUT2D eigenvalue weighted by molar-refractivity contribution is 6.15. The summed E-state index contributed by atoms with van der Waals surface area (Å²) in [5.74, 6) is -0.139. The Labute approximate surface area is 210 Å². The second-order valence-electron chi connectivity index (χ2n) is 9.10. The molecule has 0 radical (unpaired) electrons. The smallest absolute Gasteiger partial charge is 0.328 e. The van der Waals surface area contributed by atoms with E-state index in [2.05, 4.69) is 0 Å². The van der Waals surface area contributed by atoms with Crippen molar-refractivity contribution in [3.8, 4) is 23.0 Å². The van der Waals surface area contributed by atoms with Crippen molar-refractivity contribution >= 4 is 28.9 Å². The van der Waals surface area contributed by atoms with E-state index in [0.29, 0.717) is 33.9 Å². The molecule has 0 saturated carbocycles. The molecule has 0 saturated heterocycles. The summed E-state index contributed by atoms with van der Waals surface area (Å²) in [6.45, 7) is 0. The third-order valence-electron chi connectivity index (χ3n) is 6.98. The Bertz CT molecular complexity index is 1740. The van der Waals surface area contributed by atoms with E-state index in [1.165, 1.54) is 13.2 Å². The van der Waals surface area contributed by atoms with Crippen LogP contribution in [0, 0.1) is 0 Å². The molecule has 186 valence electrons. The Morgan fingerprint density at radius 1 is 0.973 bits per heavy atom. The predicted molar refractivity (Wildman–Crippen MR) is 134 cm³/mol. The van der Waals surface area contributed by atoms with Gasteiger partial charge in [-0.3, -0.25) is 18.7 Å². The number of allylic oxidation sites excluding steroid dienone is 1. The first-order chi connectivity index (χ1) is 17.8. The monoisotopic (exact) mass is 498 g/mol. The fourth-order valence-corrected chi connectivity index (χ4v) is 5.08. The zero-order valence-electron chi connectivity index (χ0n) is 20.3. The van der Waals surface area contributed by atoms with Crippen LogP contribution in [0.5, 0.6) is 23.0 Å². The predicted octanol–water partition coefficient (Wildman–Crippen LogP) is 3.65. The number of rotatable bonds is 3. The molecular weight excluding hydrogens is 476 g/mol. The van der Waals surface area contributed by atoms with Crippen LogP contribution in [0.1, 0.15) is 39.4 Å². The van der Waals surface area contributed by atoms with Gasteiger partial charge in [-0.25, -0.2) is 4.79 Å². The Morgan fingerprint density at radius 2 is 1.76 bits per heavy atom. The van der Waals surface area contributed by atoms with Crippen LogP contribution in [-0.2, 0) is 18.9 Å². The van der Waals surface area contributed by atoms with E-state index in [9.17, 15) is 19.5 Å². The number of phenolic OH excluding ortho intramolecular Hbond substituents is 1. The molecule has 4 aromatic rings. The highest BCUT2D eigenvalue weighted by Gasteiger charge is 2.38. The fraction of sp³-hybridized carbons (Fsp3) is 0.179. The number of benzene rings is 3. The average molecular weight is 498 g/mol. The number of methoxy groups -OCH3 is 1. The van der Waals surface area contributed by atoms with Crippen LogP contribution >= 0.6 is 0 Å². The molecule has 3 aromatic carbocycles. The summed E-state index contributed by atoms with van der Waals surface area (Å²) in [6.07, 6.45) is 1.60. The van der Waals surface area contributed by atoms with Gasteiger partial charge in [0.2, 0.25) is 5.78 Å². The number of hydrogen-bond acceptors (Lipinski definition) is 7. The molecule has 1 N–H and O–H groups in total. The number of phenols is 1. The highest BCUT2D eigenvalue weighted by atomic mass is 16.5. The number of aromatic nitrogens is 2. The lowest BCUT2D eigenvalue weighted by Crippen LogP contribution is -2.21. The molecule has 1 aromatic heterocycles. The number of esters is 1. The van der Waals surface area contributed by atoms with E-state index in [-0.39, 0.29) is 29.4 Å². The third-order valence-corrected chi connectivity index (χ3v) is 6.98. The molecule has 0 spiro atoms. The van der Waals surface area contributed by atoms with E-state index < -0.39 is 11.9 Å². The van der Waals surface area contributed by atoms with Gasteiger partial charge in [-0.05, 0) is 53.6 Å². The summed E-state index contributed by atoms with van der Waals surface area (Å²) in [4.78, 5) is 38.2. The fourth-order valence-electron chi connectivity index (χ4n) is 5.08. The summed E-state index contributed by atoms with van der Waals surface area (Å²) in [5, 5.41) is 10.1. The van der Waals surface area contributed by atoms with Crippen molar-refractivity contribution in [3.63, 3.8) is 0 Å². The molecule has 37 heavy (non-hydrogen) atoms. The third kappa shape index (κ3) is 3.42. The summed E-state index contributed by atoms with van der Waals surface area (Å²) in [6, 6.07) is 13.6. The van der Waals surface area contributed by atoms with Crippen molar-refractivity contribution < 1.29 is 28.9 Å². The van der Waals surface area contributed by atoms with Crippen molar-refractivity contribution in [1.82, 2.24) is 9.13 Å². The molecule has 0 aliphatic carbocycles. The summed E-state index contributed by atoms with van der Waals surface area (Å²) in [7, 11) is 4.86. The van der Waals surface area contributed by atoms with Crippen LogP contribution < -0.4 is 19.9 Å². The minimum absolute atomic E-state index is 0.0543. The Kier molecular flexibility index (Phi) is 4.98. The first-order valence-corrected chi connectivity index (χ1v) is 11.6. The molecular formula is C28H22N2O7. The number of imidazole rings is 1. The van der Waals surface area contributed by atoms with Crippen LogP contribution in [0.2, 0.25) is 0 Å². The van der Waals surface area contributed by atoms with E-state index >= 15 is 0 Å². The van der Waals surface area contributed by atoms with Crippen LogP contribution in [-0.4, -0.2) is 33.1 Å². The molecule has 2 aliphatic heterocycles. The molecule has 1 atom stereocenters. The van der Waals surface area contributed by atoms with Gasteiger partial charge in [-0.15, -0.1) is 0 Å². The van der Waals surface area contributed by atoms with Crippen molar-refractivity contribution in [1.29, 1.82) is 0 Å². The molecule has 0 fully saturated rings. The van der Waals surface area contributed by atoms with E-state index in [1.54, 1.807) is 53.6 Å². The highest BCUT2D eigenvalue weighted by Crippen LogP contribution is 2.49. The van der Waals surface area contributed by atoms with E-state index in [1.807, 2.05) is 18.2 Å². The number of hydrogen-bond donors (Lipinski definition) is 1. The van der Waals surface area contributed by atoms with Gasteiger partial charge in [0, 0.05) is 25.6 Å². The van der Waals surface area contributed by atoms with E-state index in [4.69, 9.17) is 14.2 Å². The molecule has 3 heterocycles. The largest absolute Gasteiger partial charge is 0.504 e. The van der Waals surface area contributed by atoms with Gasteiger partial charge in [-0.2, -0.15) is 0 Å². The number of nitrogens with zero attached hydrogens (tertiary/aromatic N) is 2. The molecule has 2 aliphatic rings. The number of ether oxygens (including phenoxy) is 3. The normalized spacial score (nSPS) is 17.5. The molecule has 9 heteroatoms. The van der Waals surface area contributed by atoms with Crippen molar-refractivity contribution in [2.45, 2.75) is 12.3 Å². The van der Waals surface area contributed by atoms with Crippen molar-refractivity contribution in [2.24, 2.45) is 14.1 Å². The standard InChI is InChI=1S/C28H22N2O7/c1-29-18-7-5-15(12-19(18)30(2)28(29)34)17-13-24(32)36-22-9-6-16-26(33)23(37-27(16)25(17)22)11-14-4-8-21(35-3)20(31)10-14/h4-12,17,31H,13H2,1-3H3/b23-11-/t17-/m0/s1. The van der Waals surface area contributed by atoms with Gasteiger partial charge >= 0.3 is 11.7 Å².